The first-order chi connectivity index (χ1) is 6.60. The number of hydrogen-bond donors (Lipinski definition) is 4. The molecule has 0 aliphatic heterocycles. The SMILES string of the molecule is NNCc1ccc(S(=O)(=O)NN)cc1. The zero-order valence-corrected chi connectivity index (χ0v) is 8.21. The van der Waals surface area contributed by atoms with Gasteiger partial charge >= 0.3 is 0 Å². The van der Waals surface area contributed by atoms with E-state index in [-0.39, 0.29) is 4.90 Å². The molecule has 6 nitrogen and oxygen atoms in total. The van der Waals surface area contributed by atoms with Gasteiger partial charge in [-0.05, 0) is 17.7 Å². The van der Waals surface area contributed by atoms with Crippen molar-refractivity contribution in [3.8, 4) is 0 Å². The Morgan fingerprint density at radius 2 is 1.71 bits per heavy atom. The topological polar surface area (TPSA) is 110 Å². The van der Waals surface area contributed by atoms with Crippen LogP contribution in [-0.2, 0) is 16.6 Å². The van der Waals surface area contributed by atoms with E-state index in [0.717, 1.165) is 5.56 Å². The number of hydrogen-bond acceptors (Lipinski definition) is 5. The zero-order valence-electron chi connectivity index (χ0n) is 7.40. The quantitative estimate of drug-likeness (QED) is 0.373. The lowest BCUT2D eigenvalue weighted by Gasteiger charge is -2.03. The molecule has 0 aliphatic carbocycles. The van der Waals surface area contributed by atoms with E-state index in [1.807, 2.05) is 0 Å². The molecule has 0 amide bonds. The molecule has 7 heteroatoms. The van der Waals surface area contributed by atoms with Gasteiger partial charge in [0.05, 0.1) is 4.90 Å². The highest BCUT2D eigenvalue weighted by atomic mass is 32.2. The summed E-state index contributed by atoms with van der Waals surface area (Å²) < 4.78 is 22.4. The fraction of sp³-hybridized carbons (Fsp3) is 0.143. The first-order valence-electron chi connectivity index (χ1n) is 3.85. The normalized spacial score (nSPS) is 11.6. The van der Waals surface area contributed by atoms with Crippen molar-refractivity contribution in [2.75, 3.05) is 0 Å². The highest BCUT2D eigenvalue weighted by Gasteiger charge is 2.10. The van der Waals surface area contributed by atoms with Gasteiger partial charge in [-0.15, -0.1) is 0 Å². The summed E-state index contributed by atoms with van der Waals surface area (Å²) in [7, 11) is -3.55. The molecule has 0 aliphatic rings. The van der Waals surface area contributed by atoms with Crippen LogP contribution < -0.4 is 21.9 Å². The molecule has 0 spiro atoms. The van der Waals surface area contributed by atoms with Gasteiger partial charge in [-0.3, -0.25) is 17.1 Å². The molecule has 0 unspecified atom stereocenters. The maximum absolute atomic E-state index is 11.2. The van der Waals surface area contributed by atoms with Crippen molar-refractivity contribution in [1.29, 1.82) is 0 Å². The van der Waals surface area contributed by atoms with E-state index in [1.54, 1.807) is 17.0 Å². The molecule has 14 heavy (non-hydrogen) atoms. The molecule has 0 fully saturated rings. The summed E-state index contributed by atoms with van der Waals surface area (Å²) in [4.78, 5) is 1.87. The van der Waals surface area contributed by atoms with Gasteiger partial charge < -0.3 is 0 Å². The number of benzene rings is 1. The second-order valence-electron chi connectivity index (χ2n) is 2.65. The number of rotatable bonds is 4. The molecule has 0 atom stereocenters. The Kier molecular flexibility index (Phi) is 3.55. The highest BCUT2D eigenvalue weighted by Crippen LogP contribution is 2.09. The summed E-state index contributed by atoms with van der Waals surface area (Å²) in [6, 6.07) is 6.23. The van der Waals surface area contributed by atoms with Crippen LogP contribution in [0.5, 0.6) is 0 Å². The van der Waals surface area contributed by atoms with E-state index in [2.05, 4.69) is 5.43 Å². The lowest BCUT2D eigenvalue weighted by Crippen LogP contribution is -2.30. The molecule has 1 aromatic rings. The standard InChI is InChI=1S/C7H12N4O2S/c8-10-5-6-1-3-7(4-2-6)14(12,13)11-9/h1-4,10-11H,5,8-9H2. The minimum absolute atomic E-state index is 0.126. The van der Waals surface area contributed by atoms with Crippen LogP contribution in [0.2, 0.25) is 0 Å². The number of sulfonamides is 1. The predicted molar refractivity (Wildman–Crippen MR) is 52.0 cm³/mol. The zero-order chi connectivity index (χ0) is 10.6. The Morgan fingerprint density at radius 3 is 2.14 bits per heavy atom. The van der Waals surface area contributed by atoms with E-state index in [0.29, 0.717) is 6.54 Å². The first kappa shape index (κ1) is 11.1. The average molecular weight is 216 g/mol. The van der Waals surface area contributed by atoms with E-state index < -0.39 is 10.0 Å². The van der Waals surface area contributed by atoms with Crippen LogP contribution in [0.3, 0.4) is 0 Å². The Balaban J connectivity index is 2.94. The molecule has 0 saturated heterocycles. The van der Waals surface area contributed by atoms with Gasteiger partial charge in [0.2, 0.25) is 0 Å². The summed E-state index contributed by atoms with van der Waals surface area (Å²) in [5.74, 6) is 9.97. The highest BCUT2D eigenvalue weighted by molar-refractivity contribution is 7.89. The van der Waals surface area contributed by atoms with Gasteiger partial charge in [0, 0.05) is 6.54 Å². The lowest BCUT2D eigenvalue weighted by atomic mass is 10.2. The molecule has 6 N–H and O–H groups in total. The molecule has 0 saturated carbocycles. The lowest BCUT2D eigenvalue weighted by molar-refractivity contribution is 0.584. The summed E-state index contributed by atoms with van der Waals surface area (Å²) in [5, 5.41) is 0. The largest absolute Gasteiger partial charge is 0.271 e. The van der Waals surface area contributed by atoms with Crippen molar-refractivity contribution in [2.45, 2.75) is 11.4 Å². The van der Waals surface area contributed by atoms with E-state index in [9.17, 15) is 8.42 Å². The van der Waals surface area contributed by atoms with Crippen molar-refractivity contribution >= 4 is 10.0 Å². The Hall–Kier alpha value is -0.990. The van der Waals surface area contributed by atoms with Crippen LogP contribution in [0.1, 0.15) is 5.56 Å². The van der Waals surface area contributed by atoms with Crippen molar-refractivity contribution in [3.63, 3.8) is 0 Å². The van der Waals surface area contributed by atoms with Crippen molar-refractivity contribution in [1.82, 2.24) is 10.3 Å². The average Bonchev–Trinajstić information content (AvgIpc) is 2.19. The van der Waals surface area contributed by atoms with Gasteiger partial charge in [0.1, 0.15) is 0 Å². The number of nitrogens with two attached hydrogens (primary N) is 2. The third-order valence-electron chi connectivity index (χ3n) is 1.69. The maximum Gasteiger partial charge on any atom is 0.253 e. The summed E-state index contributed by atoms with van der Waals surface area (Å²) in [6.45, 7) is 0.483. The van der Waals surface area contributed by atoms with Gasteiger partial charge in [0.25, 0.3) is 10.0 Å². The second kappa shape index (κ2) is 4.49. The Labute approximate surface area is 82.3 Å². The van der Waals surface area contributed by atoms with E-state index in [4.69, 9.17) is 11.7 Å². The minimum Gasteiger partial charge on any atom is -0.271 e. The van der Waals surface area contributed by atoms with Crippen LogP contribution >= 0.6 is 0 Å². The van der Waals surface area contributed by atoms with Crippen LogP contribution in [0.25, 0.3) is 0 Å². The van der Waals surface area contributed by atoms with Gasteiger partial charge in [0.15, 0.2) is 0 Å². The minimum atomic E-state index is -3.55. The van der Waals surface area contributed by atoms with Crippen LogP contribution in [0.4, 0.5) is 0 Å². The monoisotopic (exact) mass is 216 g/mol. The third-order valence-corrected chi connectivity index (χ3v) is 2.90. The van der Waals surface area contributed by atoms with Gasteiger partial charge in [-0.25, -0.2) is 8.42 Å². The van der Waals surface area contributed by atoms with E-state index in [1.165, 1.54) is 12.1 Å². The van der Waals surface area contributed by atoms with Crippen molar-refractivity contribution < 1.29 is 8.42 Å². The van der Waals surface area contributed by atoms with Gasteiger partial charge in [-0.1, -0.05) is 12.1 Å². The van der Waals surface area contributed by atoms with Crippen molar-refractivity contribution in [2.24, 2.45) is 11.7 Å². The third kappa shape index (κ3) is 2.50. The van der Waals surface area contributed by atoms with E-state index >= 15 is 0 Å². The maximum atomic E-state index is 11.2. The van der Waals surface area contributed by atoms with Crippen molar-refractivity contribution in [3.05, 3.63) is 29.8 Å². The fourth-order valence-corrected chi connectivity index (χ4v) is 1.60. The smallest absolute Gasteiger partial charge is 0.253 e. The molecule has 1 rings (SSSR count). The van der Waals surface area contributed by atoms with Crippen LogP contribution in [-0.4, -0.2) is 8.42 Å². The Morgan fingerprint density at radius 1 is 1.14 bits per heavy atom. The predicted octanol–water partition coefficient (Wildman–Crippen LogP) is -1.20. The summed E-state index contributed by atoms with van der Waals surface area (Å²) in [6.07, 6.45) is 0. The molecule has 0 bridgehead atoms. The van der Waals surface area contributed by atoms with Gasteiger partial charge in [-0.2, -0.15) is 4.83 Å². The number of nitrogens with one attached hydrogen (secondary N) is 2. The Bertz CT molecular complexity index is 387. The fourth-order valence-electron chi connectivity index (χ4n) is 0.972. The molecular weight excluding hydrogens is 204 g/mol. The molecule has 1 aromatic carbocycles. The summed E-state index contributed by atoms with van der Waals surface area (Å²) >= 11 is 0. The first-order valence-corrected chi connectivity index (χ1v) is 5.33. The molecule has 0 heterocycles. The molecule has 0 radical (unpaired) electrons. The molecular formula is C7H12N4O2S. The second-order valence-corrected chi connectivity index (χ2v) is 4.36. The molecule has 0 aromatic heterocycles. The van der Waals surface area contributed by atoms with Crippen LogP contribution in [0.15, 0.2) is 29.2 Å². The molecule has 78 valence electrons. The number of hydrazine groups is 2. The summed E-state index contributed by atoms with van der Waals surface area (Å²) in [5.41, 5.74) is 3.36. The van der Waals surface area contributed by atoms with Crippen LogP contribution in [0, 0.1) is 0 Å².